The molecule has 104 valence electrons. The van der Waals surface area contributed by atoms with Gasteiger partial charge in [-0.25, -0.2) is 0 Å². The van der Waals surface area contributed by atoms with Crippen molar-refractivity contribution >= 4 is 11.6 Å². The summed E-state index contributed by atoms with van der Waals surface area (Å²) in [6, 6.07) is 8.17. The molecule has 2 rings (SSSR count). The Morgan fingerprint density at radius 1 is 1.21 bits per heavy atom. The van der Waals surface area contributed by atoms with E-state index in [2.05, 4.69) is 49.6 Å². The third kappa shape index (κ3) is 3.49. The van der Waals surface area contributed by atoms with Crippen LogP contribution in [0.5, 0.6) is 0 Å². The highest BCUT2D eigenvalue weighted by molar-refractivity contribution is 5.85. The summed E-state index contributed by atoms with van der Waals surface area (Å²) in [4.78, 5) is 12.0. The fraction of sp³-hybridized carbons (Fsp3) is 0.562. The van der Waals surface area contributed by atoms with Crippen molar-refractivity contribution in [3.8, 4) is 0 Å². The van der Waals surface area contributed by atoms with Gasteiger partial charge in [-0.3, -0.25) is 4.79 Å². The van der Waals surface area contributed by atoms with Gasteiger partial charge in [0.2, 0.25) is 5.91 Å². The third-order valence-electron chi connectivity index (χ3n) is 3.60. The summed E-state index contributed by atoms with van der Waals surface area (Å²) in [6.45, 7) is 7.39. The number of anilines is 1. The minimum absolute atomic E-state index is 0.0742. The van der Waals surface area contributed by atoms with Gasteiger partial charge in [0.25, 0.3) is 0 Å². The molecule has 1 aromatic rings. The zero-order valence-electron chi connectivity index (χ0n) is 12.1. The molecule has 1 aliphatic rings. The van der Waals surface area contributed by atoms with E-state index in [9.17, 15) is 4.79 Å². The van der Waals surface area contributed by atoms with Crippen molar-refractivity contribution < 1.29 is 4.79 Å². The molecular formula is C16H24N2O. The van der Waals surface area contributed by atoms with Crippen molar-refractivity contribution in [1.29, 1.82) is 0 Å². The Bertz CT molecular complexity index is 448. The Labute approximate surface area is 115 Å². The van der Waals surface area contributed by atoms with Crippen molar-refractivity contribution in [1.82, 2.24) is 5.32 Å². The molecule has 1 aromatic carbocycles. The second-order valence-corrected chi connectivity index (χ2v) is 6.28. The van der Waals surface area contributed by atoms with Gasteiger partial charge in [-0.2, -0.15) is 0 Å². The minimum atomic E-state index is -0.106. The fourth-order valence-corrected chi connectivity index (χ4v) is 2.53. The highest BCUT2D eigenvalue weighted by atomic mass is 16.2. The predicted molar refractivity (Wildman–Crippen MR) is 79.4 cm³/mol. The van der Waals surface area contributed by atoms with E-state index in [-0.39, 0.29) is 17.4 Å². The Morgan fingerprint density at radius 2 is 1.95 bits per heavy atom. The van der Waals surface area contributed by atoms with E-state index in [0.29, 0.717) is 0 Å². The predicted octanol–water partition coefficient (Wildman–Crippen LogP) is 3.06. The summed E-state index contributed by atoms with van der Waals surface area (Å²) >= 11 is 0. The van der Waals surface area contributed by atoms with Gasteiger partial charge in [-0.15, -0.1) is 0 Å². The SMILES string of the molecule is CC(C)(C)c1ccccc1NC1CCCCNC1=O. The number of hydrogen-bond acceptors (Lipinski definition) is 2. The molecule has 0 bridgehead atoms. The van der Waals surface area contributed by atoms with E-state index in [1.807, 2.05) is 6.07 Å². The Kier molecular flexibility index (Phi) is 4.13. The first-order valence-electron chi connectivity index (χ1n) is 7.12. The average Bonchev–Trinajstić information content (AvgIpc) is 2.54. The van der Waals surface area contributed by atoms with Crippen molar-refractivity contribution in [2.45, 2.75) is 51.5 Å². The van der Waals surface area contributed by atoms with E-state index < -0.39 is 0 Å². The standard InChI is InChI=1S/C16H24N2O/c1-16(2,3)12-8-4-5-9-13(12)18-14-10-6-7-11-17-15(14)19/h4-5,8-9,14,18H,6-7,10-11H2,1-3H3,(H,17,19). The number of hydrogen-bond donors (Lipinski definition) is 2. The summed E-state index contributed by atoms with van der Waals surface area (Å²) in [5.74, 6) is 0.126. The van der Waals surface area contributed by atoms with Gasteiger partial charge in [-0.1, -0.05) is 39.0 Å². The molecule has 19 heavy (non-hydrogen) atoms. The maximum Gasteiger partial charge on any atom is 0.242 e. The first kappa shape index (κ1) is 13.9. The maximum absolute atomic E-state index is 12.0. The van der Waals surface area contributed by atoms with Gasteiger partial charge in [0.15, 0.2) is 0 Å². The first-order valence-corrected chi connectivity index (χ1v) is 7.12. The van der Waals surface area contributed by atoms with Crippen molar-refractivity contribution in [2.24, 2.45) is 0 Å². The lowest BCUT2D eigenvalue weighted by Gasteiger charge is -2.26. The van der Waals surface area contributed by atoms with Crippen LogP contribution < -0.4 is 10.6 Å². The van der Waals surface area contributed by atoms with Gasteiger partial charge in [0.1, 0.15) is 6.04 Å². The van der Waals surface area contributed by atoms with Crippen LogP contribution in [0, 0.1) is 0 Å². The number of amides is 1. The molecule has 0 radical (unpaired) electrons. The Hall–Kier alpha value is -1.51. The van der Waals surface area contributed by atoms with Crippen LogP contribution in [-0.4, -0.2) is 18.5 Å². The molecule has 1 saturated heterocycles. The summed E-state index contributed by atoms with van der Waals surface area (Å²) < 4.78 is 0. The topological polar surface area (TPSA) is 41.1 Å². The van der Waals surface area contributed by atoms with Crippen LogP contribution in [0.25, 0.3) is 0 Å². The van der Waals surface area contributed by atoms with Crippen LogP contribution >= 0.6 is 0 Å². The molecule has 1 aliphatic heterocycles. The second kappa shape index (κ2) is 5.64. The number of carbonyl (C=O) groups is 1. The molecule has 1 unspecified atom stereocenters. The molecule has 0 spiro atoms. The van der Waals surface area contributed by atoms with E-state index in [0.717, 1.165) is 31.5 Å². The lowest BCUT2D eigenvalue weighted by atomic mass is 9.85. The second-order valence-electron chi connectivity index (χ2n) is 6.28. The smallest absolute Gasteiger partial charge is 0.242 e. The van der Waals surface area contributed by atoms with Gasteiger partial charge >= 0.3 is 0 Å². The lowest BCUT2D eigenvalue weighted by Crippen LogP contribution is -2.38. The minimum Gasteiger partial charge on any atom is -0.373 e. The number of para-hydroxylation sites is 1. The van der Waals surface area contributed by atoms with Gasteiger partial charge in [0, 0.05) is 12.2 Å². The molecule has 1 fully saturated rings. The third-order valence-corrected chi connectivity index (χ3v) is 3.60. The zero-order chi connectivity index (χ0) is 13.9. The normalized spacial score (nSPS) is 20.6. The fourth-order valence-electron chi connectivity index (χ4n) is 2.53. The molecule has 1 amide bonds. The Morgan fingerprint density at radius 3 is 2.68 bits per heavy atom. The summed E-state index contributed by atoms with van der Waals surface area (Å²) in [5, 5.41) is 6.41. The number of benzene rings is 1. The van der Waals surface area contributed by atoms with Gasteiger partial charge in [0.05, 0.1) is 0 Å². The van der Waals surface area contributed by atoms with Crippen LogP contribution in [-0.2, 0) is 10.2 Å². The van der Waals surface area contributed by atoms with E-state index >= 15 is 0 Å². The lowest BCUT2D eigenvalue weighted by molar-refractivity contribution is -0.121. The molecule has 3 nitrogen and oxygen atoms in total. The highest BCUT2D eigenvalue weighted by Crippen LogP contribution is 2.30. The molecule has 1 heterocycles. The number of carbonyl (C=O) groups excluding carboxylic acids is 1. The van der Waals surface area contributed by atoms with Crippen LogP contribution in [0.1, 0.15) is 45.6 Å². The van der Waals surface area contributed by atoms with Crippen molar-refractivity contribution in [3.63, 3.8) is 0 Å². The highest BCUT2D eigenvalue weighted by Gasteiger charge is 2.23. The molecule has 3 heteroatoms. The summed E-state index contributed by atoms with van der Waals surface area (Å²) in [7, 11) is 0. The first-order chi connectivity index (χ1) is 8.98. The largest absolute Gasteiger partial charge is 0.373 e. The van der Waals surface area contributed by atoms with E-state index in [1.54, 1.807) is 0 Å². The van der Waals surface area contributed by atoms with Crippen molar-refractivity contribution in [3.05, 3.63) is 29.8 Å². The molecule has 2 N–H and O–H groups in total. The monoisotopic (exact) mass is 260 g/mol. The van der Waals surface area contributed by atoms with Crippen LogP contribution in [0.3, 0.4) is 0 Å². The van der Waals surface area contributed by atoms with E-state index in [1.165, 1.54) is 5.56 Å². The maximum atomic E-state index is 12.0. The molecule has 0 aliphatic carbocycles. The molecule has 1 atom stereocenters. The van der Waals surface area contributed by atoms with E-state index in [4.69, 9.17) is 0 Å². The van der Waals surface area contributed by atoms with Crippen LogP contribution in [0.15, 0.2) is 24.3 Å². The number of rotatable bonds is 2. The zero-order valence-corrected chi connectivity index (χ0v) is 12.1. The van der Waals surface area contributed by atoms with Gasteiger partial charge in [-0.05, 0) is 36.3 Å². The summed E-state index contributed by atoms with van der Waals surface area (Å²) in [5.41, 5.74) is 2.41. The Balaban J connectivity index is 2.20. The molecular weight excluding hydrogens is 236 g/mol. The number of nitrogens with one attached hydrogen (secondary N) is 2. The molecule has 0 saturated carbocycles. The van der Waals surface area contributed by atoms with Crippen LogP contribution in [0.2, 0.25) is 0 Å². The quantitative estimate of drug-likeness (QED) is 0.858. The molecule has 0 aromatic heterocycles. The van der Waals surface area contributed by atoms with Crippen molar-refractivity contribution in [2.75, 3.05) is 11.9 Å². The van der Waals surface area contributed by atoms with Crippen LogP contribution in [0.4, 0.5) is 5.69 Å². The summed E-state index contributed by atoms with van der Waals surface area (Å²) in [6.07, 6.45) is 3.07. The van der Waals surface area contributed by atoms with Gasteiger partial charge < -0.3 is 10.6 Å². The average molecular weight is 260 g/mol.